The van der Waals surface area contributed by atoms with Gasteiger partial charge in [-0.1, -0.05) is 18.2 Å². The van der Waals surface area contributed by atoms with E-state index < -0.39 is 0 Å². The molecule has 5 heteroatoms. The summed E-state index contributed by atoms with van der Waals surface area (Å²) in [6, 6.07) is 8.39. The number of fused-ring (bicyclic) bond motifs is 1. The minimum absolute atomic E-state index is 0.556. The Morgan fingerprint density at radius 1 is 1.29 bits per heavy atom. The van der Waals surface area contributed by atoms with Gasteiger partial charge in [0.15, 0.2) is 0 Å². The minimum atomic E-state index is 0.556. The quantitative estimate of drug-likeness (QED) is 0.786. The molecular weight excluding hydrogens is 328 g/mol. The van der Waals surface area contributed by atoms with Crippen LogP contribution in [-0.2, 0) is 19.6 Å². The SMILES string of the molecule is CCn1nc(C)c(Br)c1Cn1cc(CN)c2ccccc21. The summed E-state index contributed by atoms with van der Waals surface area (Å²) in [5, 5.41) is 5.80. The first-order valence-electron chi connectivity index (χ1n) is 7.14. The zero-order chi connectivity index (χ0) is 15.0. The van der Waals surface area contributed by atoms with Crippen LogP contribution in [0.2, 0.25) is 0 Å². The van der Waals surface area contributed by atoms with Crippen molar-refractivity contribution in [2.24, 2.45) is 5.73 Å². The second-order valence-electron chi connectivity index (χ2n) is 5.17. The van der Waals surface area contributed by atoms with Crippen LogP contribution < -0.4 is 5.73 Å². The molecule has 1 aromatic carbocycles. The Morgan fingerprint density at radius 2 is 2.05 bits per heavy atom. The average molecular weight is 347 g/mol. The minimum Gasteiger partial charge on any atom is -0.341 e. The maximum Gasteiger partial charge on any atom is 0.0739 e. The van der Waals surface area contributed by atoms with Crippen LogP contribution in [0.15, 0.2) is 34.9 Å². The normalized spacial score (nSPS) is 11.4. The molecule has 0 bridgehead atoms. The van der Waals surface area contributed by atoms with Crippen LogP contribution in [0, 0.1) is 6.92 Å². The van der Waals surface area contributed by atoms with Crippen LogP contribution in [0.3, 0.4) is 0 Å². The summed E-state index contributed by atoms with van der Waals surface area (Å²) in [6.45, 7) is 6.35. The highest BCUT2D eigenvalue weighted by atomic mass is 79.9. The van der Waals surface area contributed by atoms with Gasteiger partial charge >= 0.3 is 0 Å². The topological polar surface area (TPSA) is 48.8 Å². The van der Waals surface area contributed by atoms with Crippen molar-refractivity contribution in [1.29, 1.82) is 0 Å². The molecular formula is C16H19BrN4. The predicted molar refractivity (Wildman–Crippen MR) is 89.3 cm³/mol. The van der Waals surface area contributed by atoms with Crippen molar-refractivity contribution in [3.63, 3.8) is 0 Å². The molecule has 0 aliphatic carbocycles. The van der Waals surface area contributed by atoms with Gasteiger partial charge in [0.05, 0.1) is 22.4 Å². The van der Waals surface area contributed by atoms with Crippen LogP contribution in [0.25, 0.3) is 10.9 Å². The molecule has 110 valence electrons. The van der Waals surface area contributed by atoms with Gasteiger partial charge in [0.2, 0.25) is 0 Å². The third-order valence-corrected chi connectivity index (χ3v) is 4.90. The number of hydrogen-bond acceptors (Lipinski definition) is 2. The van der Waals surface area contributed by atoms with Gasteiger partial charge in [-0.15, -0.1) is 0 Å². The van der Waals surface area contributed by atoms with Gasteiger partial charge < -0.3 is 10.3 Å². The van der Waals surface area contributed by atoms with Crippen molar-refractivity contribution in [2.75, 3.05) is 0 Å². The van der Waals surface area contributed by atoms with E-state index in [4.69, 9.17) is 5.73 Å². The number of nitrogens with two attached hydrogens (primary N) is 1. The largest absolute Gasteiger partial charge is 0.341 e. The lowest BCUT2D eigenvalue weighted by Crippen LogP contribution is -2.07. The van der Waals surface area contributed by atoms with Gasteiger partial charge in [-0.25, -0.2) is 0 Å². The summed E-state index contributed by atoms with van der Waals surface area (Å²) in [4.78, 5) is 0. The van der Waals surface area contributed by atoms with Crippen molar-refractivity contribution in [2.45, 2.75) is 33.5 Å². The molecule has 4 nitrogen and oxygen atoms in total. The standard InChI is InChI=1S/C16H19BrN4/c1-3-21-15(16(17)11(2)19-21)10-20-9-12(8-18)13-6-4-5-7-14(13)20/h4-7,9H,3,8,10,18H2,1-2H3. The summed E-state index contributed by atoms with van der Waals surface area (Å²) in [5.41, 5.74) is 10.5. The third kappa shape index (κ3) is 2.40. The molecule has 2 N–H and O–H groups in total. The maximum absolute atomic E-state index is 5.87. The van der Waals surface area contributed by atoms with Crippen molar-refractivity contribution >= 4 is 26.8 Å². The van der Waals surface area contributed by atoms with E-state index in [9.17, 15) is 0 Å². The lowest BCUT2D eigenvalue weighted by molar-refractivity contribution is 0.600. The molecule has 3 aromatic rings. The van der Waals surface area contributed by atoms with E-state index in [0.29, 0.717) is 6.54 Å². The van der Waals surface area contributed by atoms with Crippen molar-refractivity contribution in [1.82, 2.24) is 14.3 Å². The van der Waals surface area contributed by atoms with Crippen LogP contribution in [0.5, 0.6) is 0 Å². The average Bonchev–Trinajstić information content (AvgIpc) is 3.00. The smallest absolute Gasteiger partial charge is 0.0739 e. The molecule has 0 aliphatic heterocycles. The van der Waals surface area contributed by atoms with Gasteiger partial charge in [-0.2, -0.15) is 5.10 Å². The highest BCUT2D eigenvalue weighted by Crippen LogP contribution is 2.26. The lowest BCUT2D eigenvalue weighted by Gasteiger charge is -2.08. The van der Waals surface area contributed by atoms with Crippen LogP contribution in [0.1, 0.15) is 23.9 Å². The second kappa shape index (κ2) is 5.66. The zero-order valence-electron chi connectivity index (χ0n) is 12.3. The molecule has 2 aromatic heterocycles. The molecule has 21 heavy (non-hydrogen) atoms. The fraction of sp³-hybridized carbons (Fsp3) is 0.312. The van der Waals surface area contributed by atoms with E-state index in [0.717, 1.165) is 23.3 Å². The highest BCUT2D eigenvalue weighted by Gasteiger charge is 2.14. The number of rotatable bonds is 4. The Morgan fingerprint density at radius 3 is 2.76 bits per heavy atom. The van der Waals surface area contributed by atoms with Crippen molar-refractivity contribution in [3.05, 3.63) is 51.9 Å². The monoisotopic (exact) mass is 346 g/mol. The van der Waals surface area contributed by atoms with E-state index in [-0.39, 0.29) is 0 Å². The Balaban J connectivity index is 2.10. The van der Waals surface area contributed by atoms with Gasteiger partial charge in [0.1, 0.15) is 0 Å². The predicted octanol–water partition coefficient (Wildman–Crippen LogP) is 3.44. The third-order valence-electron chi connectivity index (χ3n) is 3.86. The molecule has 0 aliphatic rings. The van der Waals surface area contributed by atoms with Crippen LogP contribution >= 0.6 is 15.9 Å². The maximum atomic E-state index is 5.87. The summed E-state index contributed by atoms with van der Waals surface area (Å²) >= 11 is 3.67. The Bertz CT molecular complexity index is 785. The van der Waals surface area contributed by atoms with E-state index >= 15 is 0 Å². The lowest BCUT2D eigenvalue weighted by atomic mass is 10.2. The molecule has 2 heterocycles. The van der Waals surface area contributed by atoms with E-state index in [1.807, 2.05) is 6.92 Å². The summed E-state index contributed by atoms with van der Waals surface area (Å²) < 4.78 is 5.40. The Labute approximate surface area is 132 Å². The van der Waals surface area contributed by atoms with E-state index in [1.54, 1.807) is 0 Å². The number of nitrogens with zero attached hydrogens (tertiary/aromatic N) is 3. The molecule has 0 spiro atoms. The zero-order valence-corrected chi connectivity index (χ0v) is 13.9. The first kappa shape index (κ1) is 14.4. The molecule has 0 saturated heterocycles. The van der Waals surface area contributed by atoms with Gasteiger partial charge in [0, 0.05) is 30.2 Å². The Kier molecular flexibility index (Phi) is 3.87. The van der Waals surface area contributed by atoms with Crippen LogP contribution in [0.4, 0.5) is 0 Å². The number of benzene rings is 1. The van der Waals surface area contributed by atoms with Gasteiger partial charge in [-0.05, 0) is 41.4 Å². The molecule has 0 amide bonds. The summed E-state index contributed by atoms with van der Waals surface area (Å²) in [6.07, 6.45) is 2.15. The van der Waals surface area contributed by atoms with Gasteiger partial charge in [-0.3, -0.25) is 4.68 Å². The molecule has 0 radical (unpaired) electrons. The highest BCUT2D eigenvalue weighted by molar-refractivity contribution is 9.10. The first-order valence-corrected chi connectivity index (χ1v) is 7.93. The first-order chi connectivity index (χ1) is 10.2. The summed E-state index contributed by atoms with van der Waals surface area (Å²) in [5.74, 6) is 0. The van der Waals surface area contributed by atoms with Crippen LogP contribution in [-0.4, -0.2) is 14.3 Å². The van der Waals surface area contributed by atoms with E-state index in [1.165, 1.54) is 22.2 Å². The number of aryl methyl sites for hydroxylation is 2. The Hall–Kier alpha value is -1.59. The number of para-hydroxylation sites is 1. The van der Waals surface area contributed by atoms with Crippen molar-refractivity contribution < 1.29 is 0 Å². The number of halogens is 1. The second-order valence-corrected chi connectivity index (χ2v) is 5.96. The number of aromatic nitrogens is 3. The van der Waals surface area contributed by atoms with Crippen molar-refractivity contribution in [3.8, 4) is 0 Å². The molecule has 0 atom stereocenters. The fourth-order valence-electron chi connectivity index (χ4n) is 2.80. The fourth-order valence-corrected chi connectivity index (χ4v) is 3.21. The molecule has 3 rings (SSSR count). The van der Waals surface area contributed by atoms with E-state index in [2.05, 4.69) is 67.7 Å². The molecule has 0 saturated carbocycles. The van der Waals surface area contributed by atoms with Gasteiger partial charge in [0.25, 0.3) is 0 Å². The molecule has 0 unspecified atom stereocenters. The number of hydrogen-bond donors (Lipinski definition) is 1. The molecule has 0 fully saturated rings. The summed E-state index contributed by atoms with van der Waals surface area (Å²) in [7, 11) is 0.